The molecule has 25 heavy (non-hydrogen) atoms. The van der Waals surface area contributed by atoms with Crippen LogP contribution >= 0.6 is 0 Å². The molecule has 4 amide bonds. The van der Waals surface area contributed by atoms with Crippen LogP contribution in [-0.2, 0) is 19.9 Å². The van der Waals surface area contributed by atoms with Crippen molar-refractivity contribution in [3.8, 4) is 0 Å². The SMILES string of the molecule is CCOCCCNC(=O)CN1C(=O)NC(C)(c2ccc(C)cc2)C1=O. The Bertz CT molecular complexity index is 644. The standard InChI is InChI=1S/C18H25N3O4/c1-4-25-11-5-10-19-15(22)12-21-16(23)18(3,20-17(21)24)14-8-6-13(2)7-9-14/h6-9H,4-5,10-12H2,1-3H3,(H,19,22)(H,20,24). The summed E-state index contributed by atoms with van der Waals surface area (Å²) in [5.41, 5.74) is 0.600. The molecule has 1 saturated heterocycles. The molecule has 1 fully saturated rings. The molecular formula is C18H25N3O4. The summed E-state index contributed by atoms with van der Waals surface area (Å²) >= 11 is 0. The lowest BCUT2D eigenvalue weighted by Crippen LogP contribution is -2.43. The number of amides is 4. The molecule has 1 atom stereocenters. The van der Waals surface area contributed by atoms with E-state index in [0.717, 1.165) is 10.5 Å². The molecule has 0 saturated carbocycles. The van der Waals surface area contributed by atoms with Gasteiger partial charge in [0.15, 0.2) is 0 Å². The van der Waals surface area contributed by atoms with Crippen molar-refractivity contribution < 1.29 is 19.1 Å². The summed E-state index contributed by atoms with van der Waals surface area (Å²) in [6.45, 7) is 6.85. The molecule has 136 valence electrons. The minimum atomic E-state index is -1.15. The first-order chi connectivity index (χ1) is 11.9. The number of benzene rings is 1. The second-order valence-corrected chi connectivity index (χ2v) is 6.21. The topological polar surface area (TPSA) is 87.7 Å². The lowest BCUT2D eigenvalue weighted by molar-refractivity contribution is -0.134. The molecule has 0 radical (unpaired) electrons. The monoisotopic (exact) mass is 347 g/mol. The summed E-state index contributed by atoms with van der Waals surface area (Å²) in [7, 11) is 0. The molecule has 1 heterocycles. The van der Waals surface area contributed by atoms with E-state index in [0.29, 0.717) is 31.7 Å². The zero-order chi connectivity index (χ0) is 18.4. The second-order valence-electron chi connectivity index (χ2n) is 6.21. The number of aryl methyl sites for hydroxylation is 1. The third-order valence-electron chi connectivity index (χ3n) is 4.20. The molecule has 2 N–H and O–H groups in total. The molecular weight excluding hydrogens is 322 g/mol. The van der Waals surface area contributed by atoms with Crippen LogP contribution in [0.5, 0.6) is 0 Å². The average molecular weight is 347 g/mol. The maximum atomic E-state index is 12.7. The second kappa shape index (κ2) is 8.11. The first-order valence-electron chi connectivity index (χ1n) is 8.44. The number of hydrogen-bond acceptors (Lipinski definition) is 4. The molecule has 7 heteroatoms. The highest BCUT2D eigenvalue weighted by Gasteiger charge is 2.49. The summed E-state index contributed by atoms with van der Waals surface area (Å²) < 4.78 is 5.19. The quantitative estimate of drug-likeness (QED) is 0.548. The van der Waals surface area contributed by atoms with Gasteiger partial charge in [-0.3, -0.25) is 14.5 Å². The summed E-state index contributed by atoms with van der Waals surface area (Å²) in [4.78, 5) is 37.8. The summed E-state index contributed by atoms with van der Waals surface area (Å²) in [5.74, 6) is -0.793. The molecule has 1 aliphatic rings. The van der Waals surface area contributed by atoms with E-state index in [2.05, 4.69) is 10.6 Å². The van der Waals surface area contributed by atoms with Gasteiger partial charge >= 0.3 is 6.03 Å². The molecule has 0 spiro atoms. The van der Waals surface area contributed by atoms with Crippen LogP contribution in [-0.4, -0.2) is 49.0 Å². The van der Waals surface area contributed by atoms with Gasteiger partial charge in [0.05, 0.1) is 0 Å². The van der Waals surface area contributed by atoms with Gasteiger partial charge in [-0.15, -0.1) is 0 Å². The van der Waals surface area contributed by atoms with Crippen molar-refractivity contribution in [3.63, 3.8) is 0 Å². The molecule has 1 aromatic rings. The lowest BCUT2D eigenvalue weighted by Gasteiger charge is -2.22. The van der Waals surface area contributed by atoms with Gasteiger partial charge in [0.25, 0.3) is 5.91 Å². The Morgan fingerprint density at radius 1 is 1.28 bits per heavy atom. The number of urea groups is 1. The fourth-order valence-electron chi connectivity index (χ4n) is 2.67. The van der Waals surface area contributed by atoms with Crippen molar-refractivity contribution in [1.82, 2.24) is 15.5 Å². The highest BCUT2D eigenvalue weighted by molar-refractivity contribution is 6.09. The van der Waals surface area contributed by atoms with Gasteiger partial charge in [-0.1, -0.05) is 29.8 Å². The zero-order valence-electron chi connectivity index (χ0n) is 14.9. The minimum absolute atomic E-state index is 0.291. The van der Waals surface area contributed by atoms with E-state index >= 15 is 0 Å². The number of nitrogens with one attached hydrogen (secondary N) is 2. The van der Waals surface area contributed by atoms with Crippen LogP contribution in [0.25, 0.3) is 0 Å². The third-order valence-corrected chi connectivity index (χ3v) is 4.20. The Kier molecular flexibility index (Phi) is 6.14. The summed E-state index contributed by atoms with van der Waals surface area (Å²) in [6.07, 6.45) is 0.681. The molecule has 0 bridgehead atoms. The van der Waals surface area contributed by atoms with Crippen molar-refractivity contribution in [2.45, 2.75) is 32.7 Å². The largest absolute Gasteiger partial charge is 0.382 e. The van der Waals surface area contributed by atoms with Crippen molar-refractivity contribution >= 4 is 17.8 Å². The fourth-order valence-corrected chi connectivity index (χ4v) is 2.67. The van der Waals surface area contributed by atoms with Crippen molar-refractivity contribution in [2.24, 2.45) is 0 Å². The molecule has 1 aliphatic heterocycles. The molecule has 2 rings (SSSR count). The van der Waals surface area contributed by atoms with Crippen LogP contribution in [0.3, 0.4) is 0 Å². The normalized spacial score (nSPS) is 19.9. The Morgan fingerprint density at radius 2 is 1.96 bits per heavy atom. The van der Waals surface area contributed by atoms with Crippen molar-refractivity contribution in [2.75, 3.05) is 26.3 Å². The lowest BCUT2D eigenvalue weighted by atomic mass is 9.91. The van der Waals surface area contributed by atoms with Gasteiger partial charge in [0.1, 0.15) is 12.1 Å². The van der Waals surface area contributed by atoms with E-state index in [-0.39, 0.29) is 12.5 Å². The molecule has 1 unspecified atom stereocenters. The van der Waals surface area contributed by atoms with Crippen LogP contribution in [0.4, 0.5) is 4.79 Å². The fraction of sp³-hybridized carbons (Fsp3) is 0.500. The van der Waals surface area contributed by atoms with Crippen molar-refractivity contribution in [3.05, 3.63) is 35.4 Å². The Hall–Kier alpha value is -2.41. The van der Waals surface area contributed by atoms with Gasteiger partial charge < -0.3 is 15.4 Å². The van der Waals surface area contributed by atoms with Gasteiger partial charge in [0.2, 0.25) is 5.91 Å². The van der Waals surface area contributed by atoms with Gasteiger partial charge in [-0.05, 0) is 32.8 Å². The molecule has 0 aliphatic carbocycles. The van der Waals surface area contributed by atoms with E-state index < -0.39 is 17.5 Å². The highest BCUT2D eigenvalue weighted by Crippen LogP contribution is 2.28. The Morgan fingerprint density at radius 3 is 2.60 bits per heavy atom. The van der Waals surface area contributed by atoms with Crippen LogP contribution < -0.4 is 10.6 Å². The maximum absolute atomic E-state index is 12.7. The third kappa shape index (κ3) is 4.36. The molecule has 0 aromatic heterocycles. The smallest absolute Gasteiger partial charge is 0.325 e. The van der Waals surface area contributed by atoms with Gasteiger partial charge in [-0.2, -0.15) is 0 Å². The van der Waals surface area contributed by atoms with Crippen LogP contribution in [0.2, 0.25) is 0 Å². The van der Waals surface area contributed by atoms with Gasteiger partial charge in [0, 0.05) is 19.8 Å². The average Bonchev–Trinajstić information content (AvgIpc) is 2.79. The first-order valence-corrected chi connectivity index (χ1v) is 8.44. The van der Waals surface area contributed by atoms with Crippen molar-refractivity contribution in [1.29, 1.82) is 0 Å². The van der Waals surface area contributed by atoms with Crippen LogP contribution in [0.1, 0.15) is 31.4 Å². The minimum Gasteiger partial charge on any atom is -0.382 e. The van der Waals surface area contributed by atoms with E-state index in [1.165, 1.54) is 0 Å². The summed E-state index contributed by atoms with van der Waals surface area (Å²) in [6, 6.07) is 6.83. The number of rotatable bonds is 8. The number of nitrogens with zero attached hydrogens (tertiary/aromatic N) is 1. The predicted octanol–water partition coefficient (Wildman–Crippen LogP) is 1.30. The first kappa shape index (κ1) is 18.9. The maximum Gasteiger partial charge on any atom is 0.325 e. The van der Waals surface area contributed by atoms with E-state index in [9.17, 15) is 14.4 Å². The van der Waals surface area contributed by atoms with Gasteiger partial charge in [-0.25, -0.2) is 4.79 Å². The molecule has 7 nitrogen and oxygen atoms in total. The summed E-state index contributed by atoms with van der Waals surface area (Å²) in [5, 5.41) is 5.38. The Balaban J connectivity index is 1.96. The Labute approximate surface area is 147 Å². The van der Waals surface area contributed by atoms with Crippen LogP contribution in [0.15, 0.2) is 24.3 Å². The zero-order valence-corrected chi connectivity index (χ0v) is 14.9. The van der Waals surface area contributed by atoms with Crippen LogP contribution in [0, 0.1) is 6.92 Å². The highest BCUT2D eigenvalue weighted by atomic mass is 16.5. The van der Waals surface area contributed by atoms with E-state index in [1.807, 2.05) is 38.1 Å². The van der Waals surface area contributed by atoms with E-state index in [1.54, 1.807) is 6.92 Å². The number of carbonyl (C=O) groups is 3. The number of ether oxygens (including phenoxy) is 1. The molecule has 1 aromatic carbocycles. The number of carbonyl (C=O) groups excluding carboxylic acids is 3. The van der Waals surface area contributed by atoms with E-state index in [4.69, 9.17) is 4.74 Å². The predicted molar refractivity (Wildman–Crippen MR) is 92.9 cm³/mol. The number of imide groups is 1. The number of hydrogen-bond donors (Lipinski definition) is 2.